The Morgan fingerprint density at radius 3 is 2.82 bits per heavy atom. The molecule has 1 aliphatic heterocycles. The van der Waals surface area contributed by atoms with Crippen LogP contribution in [0.4, 0.5) is 5.69 Å². The van der Waals surface area contributed by atoms with Crippen molar-refractivity contribution in [1.29, 1.82) is 0 Å². The number of aliphatic imine (C=N–C) groups is 1. The average molecular weight is 420 g/mol. The first kappa shape index (κ1) is 19.7. The number of phenols is 1. The van der Waals surface area contributed by atoms with Gasteiger partial charge in [-0.1, -0.05) is 35.3 Å². The van der Waals surface area contributed by atoms with Crippen molar-refractivity contribution in [3.05, 3.63) is 58.1 Å². The number of hydrogen-bond acceptors (Lipinski definition) is 6. The van der Waals surface area contributed by atoms with E-state index in [2.05, 4.69) is 26.2 Å². The summed E-state index contributed by atoms with van der Waals surface area (Å²) < 4.78 is 0. The summed E-state index contributed by atoms with van der Waals surface area (Å²) in [5.74, 6) is -0.676. The summed E-state index contributed by atoms with van der Waals surface area (Å²) in [5.41, 5.74) is 3.45. The van der Waals surface area contributed by atoms with E-state index in [9.17, 15) is 14.7 Å². The first-order valence-electron chi connectivity index (χ1n) is 8.13. The lowest BCUT2D eigenvalue weighted by molar-refractivity contribution is -0.123. The van der Waals surface area contributed by atoms with E-state index >= 15 is 0 Å². The van der Waals surface area contributed by atoms with Crippen LogP contribution in [0.5, 0.6) is 5.75 Å². The second kappa shape index (κ2) is 8.73. The van der Waals surface area contributed by atoms with Crippen molar-refractivity contribution in [2.75, 3.05) is 5.32 Å². The standard InChI is InChI=1S/C18H15Cl2N5O3/c19-11-5-6-13(12(20)7-11)22-16(27)8-14-17(28)24-18(23-14)25-21-9-10-3-1-2-4-15(10)26/h1-7,9,14,26H,8H2,(H,22,27)(H2,23,24,25,28)/b21-9+. The Labute approximate surface area is 170 Å². The predicted octanol–water partition coefficient (Wildman–Crippen LogP) is 2.51. The summed E-state index contributed by atoms with van der Waals surface area (Å²) in [5, 5.41) is 19.4. The molecule has 0 aromatic heterocycles. The maximum atomic E-state index is 12.2. The van der Waals surface area contributed by atoms with E-state index in [1.807, 2.05) is 0 Å². The first-order chi connectivity index (χ1) is 13.4. The zero-order valence-electron chi connectivity index (χ0n) is 14.3. The number of guanidine groups is 1. The van der Waals surface area contributed by atoms with Crippen molar-refractivity contribution in [1.82, 2.24) is 10.7 Å². The zero-order chi connectivity index (χ0) is 20.1. The number of anilines is 1. The number of hydrazone groups is 1. The van der Waals surface area contributed by atoms with Gasteiger partial charge in [-0.05, 0) is 30.3 Å². The van der Waals surface area contributed by atoms with Crippen molar-refractivity contribution < 1.29 is 14.7 Å². The van der Waals surface area contributed by atoms with Gasteiger partial charge in [0, 0.05) is 10.6 Å². The fraction of sp³-hybridized carbons (Fsp3) is 0.111. The van der Waals surface area contributed by atoms with Crippen molar-refractivity contribution in [2.24, 2.45) is 10.1 Å². The molecule has 2 aromatic carbocycles. The molecule has 0 bridgehead atoms. The van der Waals surface area contributed by atoms with E-state index in [1.54, 1.807) is 30.3 Å². The molecule has 1 unspecified atom stereocenters. The molecular weight excluding hydrogens is 405 g/mol. The number of carbonyl (C=O) groups is 2. The molecule has 2 amide bonds. The number of phenolic OH excluding ortho intramolecular Hbond substituents is 1. The number of carbonyl (C=O) groups excluding carboxylic acids is 2. The van der Waals surface area contributed by atoms with Gasteiger partial charge in [0.15, 0.2) is 0 Å². The van der Waals surface area contributed by atoms with Gasteiger partial charge in [-0.2, -0.15) is 5.10 Å². The quantitative estimate of drug-likeness (QED) is 0.440. The fourth-order valence-corrected chi connectivity index (χ4v) is 2.82. The van der Waals surface area contributed by atoms with Crippen LogP contribution >= 0.6 is 23.2 Å². The highest BCUT2D eigenvalue weighted by atomic mass is 35.5. The van der Waals surface area contributed by atoms with Crippen molar-refractivity contribution >= 4 is 52.9 Å². The molecule has 8 nitrogen and oxygen atoms in total. The van der Waals surface area contributed by atoms with Gasteiger partial charge in [-0.15, -0.1) is 0 Å². The van der Waals surface area contributed by atoms with Gasteiger partial charge in [0.05, 0.1) is 23.3 Å². The molecule has 0 saturated carbocycles. The number of aromatic hydroxyl groups is 1. The lowest BCUT2D eigenvalue weighted by Gasteiger charge is -2.08. The molecule has 144 valence electrons. The Bertz CT molecular complexity index is 977. The first-order valence-corrected chi connectivity index (χ1v) is 8.88. The molecule has 0 radical (unpaired) electrons. The molecule has 0 saturated heterocycles. The van der Waals surface area contributed by atoms with Crippen LogP contribution in [0.2, 0.25) is 10.0 Å². The van der Waals surface area contributed by atoms with Gasteiger partial charge >= 0.3 is 0 Å². The van der Waals surface area contributed by atoms with E-state index in [0.717, 1.165) is 0 Å². The normalized spacial score (nSPS) is 16.0. The predicted molar refractivity (Wildman–Crippen MR) is 108 cm³/mol. The van der Waals surface area contributed by atoms with Crippen molar-refractivity contribution in [2.45, 2.75) is 12.5 Å². The molecule has 10 heteroatoms. The number of nitrogens with one attached hydrogen (secondary N) is 3. The number of halogens is 2. The number of nitrogens with zero attached hydrogens (tertiary/aromatic N) is 2. The van der Waals surface area contributed by atoms with Crippen LogP contribution in [0.25, 0.3) is 0 Å². The smallest absolute Gasteiger partial charge is 0.252 e. The molecule has 28 heavy (non-hydrogen) atoms. The molecule has 3 rings (SSSR count). The van der Waals surface area contributed by atoms with Gasteiger partial charge in [0.25, 0.3) is 5.91 Å². The maximum absolute atomic E-state index is 12.2. The van der Waals surface area contributed by atoms with Crippen LogP contribution in [0.3, 0.4) is 0 Å². The minimum atomic E-state index is -0.895. The topological polar surface area (TPSA) is 115 Å². The Kier molecular flexibility index (Phi) is 6.13. The summed E-state index contributed by atoms with van der Waals surface area (Å²) in [6.07, 6.45) is 1.21. The van der Waals surface area contributed by atoms with Crippen LogP contribution in [0.1, 0.15) is 12.0 Å². The second-order valence-electron chi connectivity index (χ2n) is 5.79. The van der Waals surface area contributed by atoms with E-state index in [4.69, 9.17) is 23.2 Å². The van der Waals surface area contributed by atoms with Gasteiger partial charge in [-0.3, -0.25) is 14.9 Å². The lowest BCUT2D eigenvalue weighted by Crippen LogP contribution is -2.35. The van der Waals surface area contributed by atoms with Crippen LogP contribution < -0.4 is 16.1 Å². The Hall–Kier alpha value is -3.10. The molecular formula is C18H15Cl2N5O3. The SMILES string of the molecule is O=C(CC1N=C(N/N=C/c2ccccc2O)NC1=O)Nc1ccc(Cl)cc1Cl. The summed E-state index contributed by atoms with van der Waals surface area (Å²) >= 11 is 11.8. The monoisotopic (exact) mass is 419 g/mol. The molecule has 4 N–H and O–H groups in total. The van der Waals surface area contributed by atoms with Crippen LogP contribution in [-0.4, -0.2) is 35.1 Å². The lowest BCUT2D eigenvalue weighted by atomic mass is 10.2. The third-order valence-electron chi connectivity index (χ3n) is 3.72. The fourth-order valence-electron chi connectivity index (χ4n) is 2.37. The molecule has 0 fully saturated rings. The Morgan fingerprint density at radius 2 is 2.07 bits per heavy atom. The molecule has 1 aliphatic rings. The summed E-state index contributed by atoms with van der Waals surface area (Å²) in [4.78, 5) is 28.2. The van der Waals surface area contributed by atoms with E-state index < -0.39 is 17.9 Å². The average Bonchev–Trinajstić information content (AvgIpc) is 2.98. The highest BCUT2D eigenvalue weighted by Crippen LogP contribution is 2.25. The van der Waals surface area contributed by atoms with Gasteiger partial charge in [0.2, 0.25) is 11.9 Å². The summed E-state index contributed by atoms with van der Waals surface area (Å²) in [6.45, 7) is 0. The van der Waals surface area contributed by atoms with E-state index in [-0.39, 0.29) is 18.1 Å². The largest absolute Gasteiger partial charge is 0.507 e. The third kappa shape index (κ3) is 4.99. The number of para-hydroxylation sites is 1. The number of amides is 2. The second-order valence-corrected chi connectivity index (χ2v) is 6.63. The molecule has 1 heterocycles. The summed E-state index contributed by atoms with van der Waals surface area (Å²) in [7, 11) is 0. The molecule has 2 aromatic rings. The van der Waals surface area contributed by atoms with Crippen LogP contribution in [-0.2, 0) is 9.59 Å². The minimum absolute atomic E-state index is 0.0702. The van der Waals surface area contributed by atoms with Gasteiger partial charge in [-0.25, -0.2) is 10.4 Å². The van der Waals surface area contributed by atoms with Crippen molar-refractivity contribution in [3.8, 4) is 5.75 Å². The number of benzene rings is 2. The number of hydrogen-bond donors (Lipinski definition) is 4. The zero-order valence-corrected chi connectivity index (χ0v) is 15.8. The third-order valence-corrected chi connectivity index (χ3v) is 4.27. The summed E-state index contributed by atoms with van der Waals surface area (Å²) in [6, 6.07) is 10.4. The van der Waals surface area contributed by atoms with Gasteiger partial charge in [0.1, 0.15) is 11.8 Å². The maximum Gasteiger partial charge on any atom is 0.252 e. The van der Waals surface area contributed by atoms with Gasteiger partial charge < -0.3 is 10.4 Å². The highest BCUT2D eigenvalue weighted by molar-refractivity contribution is 6.36. The molecule has 0 aliphatic carbocycles. The van der Waals surface area contributed by atoms with Crippen LogP contribution in [0.15, 0.2) is 52.6 Å². The molecule has 0 spiro atoms. The Balaban J connectivity index is 1.57. The van der Waals surface area contributed by atoms with Crippen LogP contribution in [0, 0.1) is 0 Å². The van der Waals surface area contributed by atoms with Crippen molar-refractivity contribution in [3.63, 3.8) is 0 Å². The number of rotatable bonds is 5. The minimum Gasteiger partial charge on any atom is -0.507 e. The highest BCUT2D eigenvalue weighted by Gasteiger charge is 2.28. The van der Waals surface area contributed by atoms with E-state index in [0.29, 0.717) is 21.3 Å². The Morgan fingerprint density at radius 1 is 1.29 bits per heavy atom. The molecule has 1 atom stereocenters. The van der Waals surface area contributed by atoms with E-state index in [1.165, 1.54) is 18.3 Å².